The number of primary amides is 1. The van der Waals surface area contributed by atoms with Gasteiger partial charge in [-0.05, 0) is 31.1 Å². The minimum absolute atomic E-state index is 0.0349. The number of hydrogen-bond acceptors (Lipinski definition) is 11. The molecular formula is C28H53N7O8. The van der Waals surface area contributed by atoms with Crippen LogP contribution in [0.15, 0.2) is 0 Å². The summed E-state index contributed by atoms with van der Waals surface area (Å²) in [5, 5.41) is 24.6. The Hall–Kier alpha value is -2.69. The number of hydrogen-bond donors (Lipinski definition) is 8. The molecule has 248 valence electrons. The zero-order valence-electron chi connectivity index (χ0n) is 26.0. The summed E-state index contributed by atoms with van der Waals surface area (Å²) in [6, 6.07) is -3.51. The second-order valence-corrected chi connectivity index (χ2v) is 11.6. The van der Waals surface area contributed by atoms with E-state index in [-0.39, 0.29) is 62.6 Å². The lowest BCUT2D eigenvalue weighted by molar-refractivity contribution is -0.143. The average Bonchev–Trinajstić information content (AvgIpc) is 2.95. The van der Waals surface area contributed by atoms with Crippen molar-refractivity contribution in [1.82, 2.24) is 26.6 Å². The van der Waals surface area contributed by atoms with E-state index in [0.717, 1.165) is 6.29 Å². The molecule has 0 aromatic heterocycles. The van der Waals surface area contributed by atoms with Crippen molar-refractivity contribution >= 4 is 30.0 Å². The van der Waals surface area contributed by atoms with E-state index in [1.54, 1.807) is 13.8 Å². The topological polar surface area (TPSA) is 236 Å². The van der Waals surface area contributed by atoms with Crippen LogP contribution >= 0.6 is 0 Å². The van der Waals surface area contributed by atoms with Gasteiger partial charge in [-0.25, -0.2) is 9.59 Å². The van der Waals surface area contributed by atoms with Gasteiger partial charge in [0.15, 0.2) is 5.78 Å². The zero-order chi connectivity index (χ0) is 32.4. The number of carboxylic acid groups (broad SMARTS) is 1. The smallest absolute Gasteiger partial charge is 0.326 e. The average molecular weight is 616 g/mol. The van der Waals surface area contributed by atoms with Crippen LogP contribution in [-0.2, 0) is 28.7 Å². The summed E-state index contributed by atoms with van der Waals surface area (Å²) in [7, 11) is 0. The molecule has 0 bridgehead atoms. The number of ketones is 1. The molecule has 43 heavy (non-hydrogen) atoms. The van der Waals surface area contributed by atoms with Crippen LogP contribution < -0.4 is 38.1 Å². The third-order valence-electron chi connectivity index (χ3n) is 7.31. The van der Waals surface area contributed by atoms with Crippen molar-refractivity contribution in [3.05, 3.63) is 0 Å². The lowest BCUT2D eigenvalue weighted by Gasteiger charge is -2.44. The Morgan fingerprint density at radius 3 is 2.30 bits per heavy atom. The highest BCUT2D eigenvalue weighted by molar-refractivity contribution is 5.91. The summed E-state index contributed by atoms with van der Waals surface area (Å²) in [6.45, 7) is 9.99. The molecule has 1 fully saturated rings. The first-order valence-corrected chi connectivity index (χ1v) is 15.0. The molecule has 10 N–H and O–H groups in total. The molecule has 0 aliphatic carbocycles. The molecule has 0 aromatic carbocycles. The Morgan fingerprint density at radius 2 is 1.74 bits per heavy atom. The number of carboxylic acids is 1. The quantitative estimate of drug-likeness (QED) is 0.0483. The Morgan fingerprint density at radius 1 is 1.07 bits per heavy atom. The van der Waals surface area contributed by atoms with Crippen LogP contribution in [0, 0.1) is 11.8 Å². The van der Waals surface area contributed by atoms with Gasteiger partial charge in [0.05, 0.1) is 44.1 Å². The van der Waals surface area contributed by atoms with Crippen molar-refractivity contribution in [2.24, 2.45) is 23.3 Å². The van der Waals surface area contributed by atoms with Gasteiger partial charge >= 0.3 is 12.0 Å². The van der Waals surface area contributed by atoms with Crippen LogP contribution in [-0.4, -0.2) is 117 Å². The standard InChI is InChI=1S/C28H53N7O8/c1-18(2)22(16-36)33-20-14-28(17-31-15-20,23(37)7-10-42-12-13-43-11-8-29)35-24(19(3)4)25(38)34-21(26(39)40)6-5-9-32-27(30)41/h16,18-22,24,31,33,35H,5-15,17,29H2,1-4H3,(H,34,38)(H,39,40)(H3,30,32,41)/t20-,21-,22+,24-,28-/m0/s1. The largest absolute Gasteiger partial charge is 0.480 e. The Kier molecular flexibility index (Phi) is 18.1. The molecule has 1 aliphatic rings. The summed E-state index contributed by atoms with van der Waals surface area (Å²) in [5.41, 5.74) is 9.27. The van der Waals surface area contributed by atoms with Crippen LogP contribution in [0.5, 0.6) is 0 Å². The molecule has 0 aromatic rings. The molecule has 0 radical (unpaired) electrons. The number of aliphatic carboxylic acids is 1. The number of rotatable bonds is 23. The normalized spacial score (nSPS) is 20.8. The lowest BCUT2D eigenvalue weighted by atomic mass is 9.80. The van der Waals surface area contributed by atoms with Crippen LogP contribution in [0.1, 0.15) is 53.4 Å². The highest BCUT2D eigenvalue weighted by Crippen LogP contribution is 2.23. The van der Waals surface area contributed by atoms with Gasteiger partial charge in [-0.15, -0.1) is 0 Å². The molecule has 1 rings (SSSR count). The lowest BCUT2D eigenvalue weighted by Crippen LogP contribution is -2.71. The number of amides is 3. The number of urea groups is 1. The zero-order valence-corrected chi connectivity index (χ0v) is 26.0. The fourth-order valence-electron chi connectivity index (χ4n) is 4.89. The maximum Gasteiger partial charge on any atom is 0.326 e. The predicted molar refractivity (Wildman–Crippen MR) is 160 cm³/mol. The highest BCUT2D eigenvalue weighted by atomic mass is 16.5. The maximum absolute atomic E-state index is 13.8. The second-order valence-electron chi connectivity index (χ2n) is 11.6. The van der Waals surface area contributed by atoms with Crippen molar-refractivity contribution in [2.45, 2.75) is 83.1 Å². The summed E-state index contributed by atoms with van der Waals surface area (Å²) in [6.07, 6.45) is 1.57. The molecule has 1 saturated heterocycles. The maximum atomic E-state index is 13.8. The van der Waals surface area contributed by atoms with Crippen LogP contribution in [0.2, 0.25) is 0 Å². The van der Waals surface area contributed by atoms with Crippen LogP contribution in [0.3, 0.4) is 0 Å². The fraction of sp³-hybridized carbons (Fsp3) is 0.821. The first-order chi connectivity index (χ1) is 20.4. The van der Waals surface area contributed by atoms with E-state index >= 15 is 0 Å². The minimum atomic E-state index is -1.22. The Labute approximate surface area is 254 Å². The third kappa shape index (κ3) is 14.1. The number of aldehydes is 1. The predicted octanol–water partition coefficient (Wildman–Crippen LogP) is -1.52. The van der Waals surface area contributed by atoms with Gasteiger partial charge in [0.1, 0.15) is 12.3 Å². The van der Waals surface area contributed by atoms with E-state index in [1.807, 2.05) is 13.8 Å². The molecule has 0 spiro atoms. The first-order valence-electron chi connectivity index (χ1n) is 15.0. The molecule has 3 amide bonds. The van der Waals surface area contributed by atoms with Crippen LogP contribution in [0.4, 0.5) is 4.79 Å². The van der Waals surface area contributed by atoms with E-state index < -0.39 is 41.6 Å². The number of nitrogens with one attached hydrogen (secondary N) is 5. The second kappa shape index (κ2) is 20.3. The van der Waals surface area contributed by atoms with E-state index in [0.29, 0.717) is 39.3 Å². The summed E-state index contributed by atoms with van der Waals surface area (Å²) >= 11 is 0. The summed E-state index contributed by atoms with van der Waals surface area (Å²) < 4.78 is 10.9. The minimum Gasteiger partial charge on any atom is -0.480 e. The van der Waals surface area contributed by atoms with Gasteiger partial charge in [0.25, 0.3) is 0 Å². The number of piperidine rings is 1. The summed E-state index contributed by atoms with van der Waals surface area (Å²) in [5.74, 6) is -2.22. The van der Waals surface area contributed by atoms with E-state index in [9.17, 15) is 29.1 Å². The monoisotopic (exact) mass is 615 g/mol. The molecule has 15 heteroatoms. The Balaban J connectivity index is 3.11. The summed E-state index contributed by atoms with van der Waals surface area (Å²) in [4.78, 5) is 61.8. The molecule has 0 unspecified atom stereocenters. The van der Waals surface area contributed by atoms with Crippen molar-refractivity contribution in [2.75, 3.05) is 52.6 Å². The SMILES string of the molecule is CC(C)[C@H](N[C@]1(C(=O)CCOCCOCCN)CNC[C@@H](N[C@H](C=O)C(C)C)C1)C(=O)N[C@@H](CCCNC(N)=O)C(=O)O. The van der Waals surface area contributed by atoms with E-state index in [1.165, 1.54) is 0 Å². The van der Waals surface area contributed by atoms with Crippen molar-refractivity contribution in [3.63, 3.8) is 0 Å². The molecule has 5 atom stereocenters. The number of carbonyl (C=O) groups excluding carboxylic acids is 4. The number of ether oxygens (including phenoxy) is 2. The van der Waals surface area contributed by atoms with Gasteiger partial charge in [0, 0.05) is 38.6 Å². The third-order valence-corrected chi connectivity index (χ3v) is 7.31. The molecule has 0 saturated carbocycles. The number of nitrogens with two attached hydrogens (primary N) is 2. The van der Waals surface area contributed by atoms with Gasteiger partial charge < -0.3 is 52.1 Å². The van der Waals surface area contributed by atoms with Gasteiger partial charge in [-0.2, -0.15) is 0 Å². The fourth-order valence-corrected chi connectivity index (χ4v) is 4.89. The number of Topliss-reactive ketones (excluding diaryl/α,β-unsaturated/α-hetero) is 1. The molecule has 1 heterocycles. The van der Waals surface area contributed by atoms with E-state index in [2.05, 4.69) is 26.6 Å². The molecule has 1 aliphatic heterocycles. The first kappa shape index (κ1) is 38.3. The molecular weight excluding hydrogens is 562 g/mol. The molecule has 15 nitrogen and oxygen atoms in total. The van der Waals surface area contributed by atoms with E-state index in [4.69, 9.17) is 20.9 Å². The van der Waals surface area contributed by atoms with Gasteiger partial charge in [-0.3, -0.25) is 14.9 Å². The Bertz CT molecular complexity index is 891. The van der Waals surface area contributed by atoms with Crippen LogP contribution in [0.25, 0.3) is 0 Å². The van der Waals surface area contributed by atoms with Gasteiger partial charge in [-0.1, -0.05) is 27.7 Å². The van der Waals surface area contributed by atoms with Crippen molar-refractivity contribution in [3.8, 4) is 0 Å². The van der Waals surface area contributed by atoms with Crippen molar-refractivity contribution < 1.29 is 38.6 Å². The number of carbonyl (C=O) groups is 5. The highest BCUT2D eigenvalue weighted by Gasteiger charge is 2.45. The van der Waals surface area contributed by atoms with Crippen molar-refractivity contribution in [1.29, 1.82) is 0 Å². The van der Waals surface area contributed by atoms with Gasteiger partial charge in [0.2, 0.25) is 5.91 Å².